The number of thiophene rings is 1. The van der Waals surface area contributed by atoms with Crippen LogP contribution in [-0.2, 0) is 17.6 Å². The van der Waals surface area contributed by atoms with Crippen molar-refractivity contribution in [2.24, 2.45) is 0 Å². The summed E-state index contributed by atoms with van der Waals surface area (Å²) in [5, 5.41) is 7.06. The van der Waals surface area contributed by atoms with Crippen LogP contribution < -0.4 is 21.3 Å². The van der Waals surface area contributed by atoms with E-state index in [1.165, 1.54) is 17.4 Å². The number of ether oxygens (including phenoxy) is 1. The molecule has 3 aliphatic heterocycles. The lowest BCUT2D eigenvalue weighted by atomic mass is 9.86. The molecule has 2 bridgehead atoms. The van der Waals surface area contributed by atoms with Gasteiger partial charge in [-0.3, -0.25) is 4.79 Å². The maximum Gasteiger partial charge on any atom is 0.263 e. The minimum atomic E-state index is -0.426. The number of rotatable bonds is 3. The number of pyridine rings is 1. The van der Waals surface area contributed by atoms with Gasteiger partial charge in [-0.15, -0.1) is 11.3 Å². The molecule has 4 aliphatic rings. The summed E-state index contributed by atoms with van der Waals surface area (Å²) < 4.78 is 36.7. The van der Waals surface area contributed by atoms with E-state index in [1.54, 1.807) is 0 Å². The highest BCUT2D eigenvalue weighted by Crippen LogP contribution is 2.36. The standard InChI is InChI=1S/C25H27F2N5O2S/c1-12-2-4-17-22(28)23(35-25(17)30-12)24(33)31-13-3-5-16-18(6-13)19(26)7-20(21(16)27)32-10-15-9-29-8-14(32)11-34-15/h2,4,7,13-15,29H,3,5-6,8-11,28H2,1H3,(H,31,33)/t13-,14?,15?/m0/s1. The minimum absolute atomic E-state index is 0.0265. The van der Waals surface area contributed by atoms with Crippen molar-refractivity contribution in [3.8, 4) is 0 Å². The van der Waals surface area contributed by atoms with Crippen LogP contribution in [0.1, 0.15) is 32.9 Å². The van der Waals surface area contributed by atoms with E-state index in [2.05, 4.69) is 15.6 Å². The van der Waals surface area contributed by atoms with Crippen LogP contribution in [0, 0.1) is 18.6 Å². The number of hydrogen-bond donors (Lipinski definition) is 3. The Morgan fingerprint density at radius 2 is 2.17 bits per heavy atom. The van der Waals surface area contributed by atoms with Gasteiger partial charge in [-0.05, 0) is 49.4 Å². The highest BCUT2D eigenvalue weighted by atomic mass is 32.1. The van der Waals surface area contributed by atoms with E-state index in [9.17, 15) is 4.79 Å². The van der Waals surface area contributed by atoms with Crippen LogP contribution in [0.3, 0.4) is 0 Å². The SMILES string of the molecule is Cc1ccc2c(N)c(C(=O)N[C@H]3CCc4c(F)c(N5CC6CNCC5CO6)cc(F)c4C3)sc2n1. The molecule has 35 heavy (non-hydrogen) atoms. The van der Waals surface area contributed by atoms with Gasteiger partial charge in [0, 0.05) is 42.8 Å². The lowest BCUT2D eigenvalue weighted by Gasteiger charge is -2.39. The first kappa shape index (κ1) is 22.6. The number of nitrogens with one attached hydrogen (secondary N) is 2. The fourth-order valence-electron chi connectivity index (χ4n) is 5.45. The average molecular weight is 500 g/mol. The number of carbonyl (C=O) groups excluding carboxylic acids is 1. The summed E-state index contributed by atoms with van der Waals surface area (Å²) in [6, 6.07) is 4.71. The second kappa shape index (κ2) is 8.69. The zero-order valence-electron chi connectivity index (χ0n) is 19.4. The van der Waals surface area contributed by atoms with Crippen LogP contribution >= 0.6 is 11.3 Å². The number of benzene rings is 1. The van der Waals surface area contributed by atoms with Gasteiger partial charge in [0.15, 0.2) is 0 Å². The fourth-order valence-corrected chi connectivity index (χ4v) is 6.49. The van der Waals surface area contributed by atoms with Gasteiger partial charge in [0.25, 0.3) is 5.91 Å². The van der Waals surface area contributed by atoms with Crippen LogP contribution in [-0.4, -0.2) is 55.3 Å². The maximum absolute atomic E-state index is 15.7. The molecule has 5 heterocycles. The van der Waals surface area contributed by atoms with Crippen molar-refractivity contribution in [2.45, 2.75) is 44.4 Å². The largest absolute Gasteiger partial charge is 0.397 e. The molecule has 3 aromatic rings. The molecule has 3 saturated heterocycles. The molecule has 4 N–H and O–H groups in total. The van der Waals surface area contributed by atoms with Crippen LogP contribution in [0.25, 0.3) is 10.2 Å². The minimum Gasteiger partial charge on any atom is -0.397 e. The maximum atomic E-state index is 15.7. The summed E-state index contributed by atoms with van der Waals surface area (Å²) in [6.45, 7) is 4.31. The second-order valence-corrected chi connectivity index (χ2v) is 10.6. The van der Waals surface area contributed by atoms with E-state index in [4.69, 9.17) is 10.5 Å². The first-order valence-electron chi connectivity index (χ1n) is 11.9. The van der Waals surface area contributed by atoms with E-state index in [-0.39, 0.29) is 36.3 Å². The summed E-state index contributed by atoms with van der Waals surface area (Å²) in [5.41, 5.74) is 8.55. The average Bonchev–Trinajstić information content (AvgIpc) is 3.00. The van der Waals surface area contributed by atoms with E-state index in [0.717, 1.165) is 11.1 Å². The number of nitrogens with two attached hydrogens (primary N) is 1. The number of halogens is 2. The van der Waals surface area contributed by atoms with Crippen LogP contribution in [0.2, 0.25) is 0 Å². The van der Waals surface area contributed by atoms with Crippen molar-refractivity contribution in [2.75, 3.05) is 36.9 Å². The lowest BCUT2D eigenvalue weighted by Crippen LogP contribution is -2.50. The Hall–Kier alpha value is -2.82. The molecule has 7 nitrogen and oxygen atoms in total. The van der Waals surface area contributed by atoms with Gasteiger partial charge in [0.2, 0.25) is 0 Å². The Balaban J connectivity index is 1.23. The van der Waals surface area contributed by atoms with Crippen LogP contribution in [0.15, 0.2) is 18.2 Å². The molecule has 0 saturated carbocycles. The molecule has 0 spiro atoms. The summed E-state index contributed by atoms with van der Waals surface area (Å²) in [6.07, 6.45) is 1.09. The zero-order chi connectivity index (χ0) is 24.3. The third-order valence-electron chi connectivity index (χ3n) is 7.30. The molecular formula is C25H27F2N5O2S. The molecule has 2 unspecified atom stereocenters. The number of nitrogen functional groups attached to an aromatic ring is 1. The molecule has 1 aromatic carbocycles. The Morgan fingerprint density at radius 3 is 3.03 bits per heavy atom. The number of aryl methyl sites for hydroxylation is 1. The normalized spacial score (nSPS) is 23.9. The van der Waals surface area contributed by atoms with E-state index in [1.807, 2.05) is 24.0 Å². The van der Waals surface area contributed by atoms with Crippen molar-refractivity contribution in [3.63, 3.8) is 0 Å². The van der Waals surface area contributed by atoms with E-state index in [0.29, 0.717) is 71.3 Å². The van der Waals surface area contributed by atoms with Gasteiger partial charge in [0.05, 0.1) is 30.1 Å². The third-order valence-corrected chi connectivity index (χ3v) is 8.41. The van der Waals surface area contributed by atoms with Crippen molar-refractivity contribution in [1.82, 2.24) is 15.6 Å². The van der Waals surface area contributed by atoms with Crippen molar-refractivity contribution < 1.29 is 18.3 Å². The Labute approximate surface area is 205 Å². The topological polar surface area (TPSA) is 92.5 Å². The molecule has 3 fully saturated rings. The molecule has 2 aromatic heterocycles. The fraction of sp³-hybridized carbons (Fsp3) is 0.440. The van der Waals surface area contributed by atoms with Crippen molar-refractivity contribution in [1.29, 1.82) is 0 Å². The monoisotopic (exact) mass is 499 g/mol. The Kier molecular flexibility index (Phi) is 5.62. The number of hydrogen-bond acceptors (Lipinski definition) is 7. The Morgan fingerprint density at radius 1 is 1.31 bits per heavy atom. The molecule has 1 amide bonds. The summed E-state index contributed by atoms with van der Waals surface area (Å²) in [5.74, 6) is -1.08. The number of anilines is 2. The van der Waals surface area contributed by atoms with Crippen LogP contribution in [0.4, 0.5) is 20.2 Å². The highest BCUT2D eigenvalue weighted by molar-refractivity contribution is 7.21. The molecule has 1 aliphatic carbocycles. The van der Waals surface area contributed by atoms with Crippen molar-refractivity contribution >= 4 is 38.8 Å². The Bertz CT molecular complexity index is 1330. The number of morpholine rings is 1. The predicted octanol–water partition coefficient (Wildman–Crippen LogP) is 2.93. The van der Waals surface area contributed by atoms with Gasteiger partial charge in [-0.2, -0.15) is 0 Å². The first-order valence-corrected chi connectivity index (χ1v) is 12.8. The molecule has 3 atom stereocenters. The number of carbonyl (C=O) groups is 1. The molecule has 0 radical (unpaired) electrons. The number of fused-ring (bicyclic) bond motifs is 6. The van der Waals surface area contributed by atoms with Gasteiger partial charge in [-0.1, -0.05) is 0 Å². The zero-order valence-corrected chi connectivity index (χ0v) is 20.2. The predicted molar refractivity (Wildman–Crippen MR) is 132 cm³/mol. The number of aromatic nitrogens is 1. The summed E-state index contributed by atoms with van der Waals surface area (Å²) in [4.78, 5) is 20.5. The first-order chi connectivity index (χ1) is 16.9. The van der Waals surface area contributed by atoms with Crippen molar-refractivity contribution in [3.05, 3.63) is 51.5 Å². The van der Waals surface area contributed by atoms with Crippen LogP contribution in [0.5, 0.6) is 0 Å². The molecule has 10 heteroatoms. The smallest absolute Gasteiger partial charge is 0.263 e. The summed E-state index contributed by atoms with van der Waals surface area (Å²) >= 11 is 1.25. The summed E-state index contributed by atoms with van der Waals surface area (Å²) in [7, 11) is 0. The van der Waals surface area contributed by atoms with Gasteiger partial charge in [-0.25, -0.2) is 13.8 Å². The quantitative estimate of drug-likeness (QED) is 0.513. The van der Waals surface area contributed by atoms with Gasteiger partial charge >= 0.3 is 0 Å². The molecule has 7 rings (SSSR count). The highest BCUT2D eigenvalue weighted by Gasteiger charge is 2.36. The van der Waals surface area contributed by atoms with E-state index < -0.39 is 5.82 Å². The molecule has 184 valence electrons. The van der Waals surface area contributed by atoms with E-state index >= 15 is 8.78 Å². The third kappa shape index (κ3) is 3.93. The lowest BCUT2D eigenvalue weighted by molar-refractivity contribution is 0.0389. The number of nitrogens with zero attached hydrogens (tertiary/aromatic N) is 2. The van der Waals surface area contributed by atoms with Gasteiger partial charge < -0.3 is 26.0 Å². The molecular weight excluding hydrogens is 472 g/mol. The van der Waals surface area contributed by atoms with Gasteiger partial charge in [0.1, 0.15) is 21.3 Å². The second-order valence-electron chi connectivity index (χ2n) is 9.63. The number of amides is 1.